The van der Waals surface area contributed by atoms with Crippen LogP contribution in [0.1, 0.15) is 29.0 Å². The fourth-order valence-electron chi connectivity index (χ4n) is 2.49. The summed E-state index contributed by atoms with van der Waals surface area (Å²) in [6, 6.07) is 8.77. The lowest BCUT2D eigenvalue weighted by atomic mass is 10.2. The summed E-state index contributed by atoms with van der Waals surface area (Å²) in [5.74, 6) is 0.862. The molecule has 1 fully saturated rings. The zero-order chi connectivity index (χ0) is 16.4. The maximum Gasteiger partial charge on any atom is 0.261 e. The molecule has 1 aliphatic rings. The number of nitrogens with zero attached hydrogens (tertiary/aromatic N) is 3. The fraction of sp³-hybridized carbons (Fsp3) is 0.312. The van der Waals surface area contributed by atoms with E-state index in [-0.39, 0.29) is 18.5 Å². The highest BCUT2D eigenvalue weighted by atomic mass is 79.9. The number of benzene rings is 1. The van der Waals surface area contributed by atoms with E-state index < -0.39 is 0 Å². The Hall–Kier alpha value is -2.15. The number of carbonyl (C=O) groups excluding carboxylic acids is 2. The van der Waals surface area contributed by atoms with Crippen molar-refractivity contribution in [2.75, 3.05) is 18.1 Å². The summed E-state index contributed by atoms with van der Waals surface area (Å²) < 4.78 is 5.98. The van der Waals surface area contributed by atoms with Crippen LogP contribution in [-0.4, -0.2) is 35.1 Å². The second kappa shape index (κ2) is 6.54. The summed E-state index contributed by atoms with van der Waals surface area (Å²) >= 11 is 3.35. The van der Waals surface area contributed by atoms with Crippen LogP contribution in [0.3, 0.4) is 0 Å². The van der Waals surface area contributed by atoms with Crippen LogP contribution in [0.5, 0.6) is 0 Å². The second-order valence-electron chi connectivity index (χ2n) is 5.44. The highest BCUT2D eigenvalue weighted by Crippen LogP contribution is 2.21. The average molecular weight is 378 g/mol. The van der Waals surface area contributed by atoms with Crippen LogP contribution in [0.25, 0.3) is 0 Å². The van der Waals surface area contributed by atoms with Gasteiger partial charge in [0, 0.05) is 29.1 Å². The molecule has 120 valence electrons. The van der Waals surface area contributed by atoms with Gasteiger partial charge in [-0.15, -0.1) is 0 Å². The van der Waals surface area contributed by atoms with Gasteiger partial charge in [-0.2, -0.15) is 0 Å². The van der Waals surface area contributed by atoms with Gasteiger partial charge in [-0.3, -0.25) is 14.5 Å². The van der Waals surface area contributed by atoms with Gasteiger partial charge < -0.3 is 9.42 Å². The third kappa shape index (κ3) is 3.44. The van der Waals surface area contributed by atoms with E-state index in [1.54, 1.807) is 42.2 Å². The summed E-state index contributed by atoms with van der Waals surface area (Å²) in [6.07, 6.45) is 1.34. The molecule has 2 heterocycles. The number of hydrogen-bond acceptors (Lipinski definition) is 4. The Morgan fingerprint density at radius 1 is 1.39 bits per heavy atom. The number of amides is 2. The molecule has 6 nitrogen and oxygen atoms in total. The Balaban J connectivity index is 1.89. The van der Waals surface area contributed by atoms with Gasteiger partial charge in [-0.05, 0) is 37.6 Å². The molecule has 1 aromatic carbocycles. The van der Waals surface area contributed by atoms with Crippen LogP contribution >= 0.6 is 15.9 Å². The van der Waals surface area contributed by atoms with E-state index >= 15 is 0 Å². The molecular formula is C16H16BrN3O3. The zero-order valence-electron chi connectivity index (χ0n) is 12.7. The Bertz CT molecular complexity index is 726. The van der Waals surface area contributed by atoms with E-state index in [9.17, 15) is 9.59 Å². The number of aromatic nitrogens is 1. The molecule has 0 N–H and O–H groups in total. The fourth-order valence-corrected chi connectivity index (χ4v) is 2.76. The van der Waals surface area contributed by atoms with Crippen molar-refractivity contribution in [3.05, 3.63) is 46.1 Å². The van der Waals surface area contributed by atoms with Crippen LogP contribution in [0.15, 0.2) is 39.3 Å². The number of likely N-dealkylation sites (tertiary alicyclic amines) is 1. The molecule has 0 unspecified atom stereocenters. The van der Waals surface area contributed by atoms with Gasteiger partial charge in [0.15, 0.2) is 5.82 Å². The average Bonchev–Trinajstić information content (AvgIpc) is 3.13. The van der Waals surface area contributed by atoms with Crippen LogP contribution < -0.4 is 4.90 Å². The van der Waals surface area contributed by atoms with Gasteiger partial charge >= 0.3 is 0 Å². The summed E-state index contributed by atoms with van der Waals surface area (Å²) in [7, 11) is 0. The third-order valence-corrected chi connectivity index (χ3v) is 4.24. The Morgan fingerprint density at radius 3 is 2.70 bits per heavy atom. The first-order chi connectivity index (χ1) is 11.0. The summed E-state index contributed by atoms with van der Waals surface area (Å²) in [4.78, 5) is 27.9. The molecule has 1 saturated heterocycles. The molecular weight excluding hydrogens is 362 g/mol. The first kappa shape index (κ1) is 15.7. The Kier molecular flexibility index (Phi) is 4.47. The van der Waals surface area contributed by atoms with Crippen molar-refractivity contribution in [3.8, 4) is 0 Å². The van der Waals surface area contributed by atoms with Crippen molar-refractivity contribution >= 4 is 33.6 Å². The van der Waals surface area contributed by atoms with Gasteiger partial charge in [-0.25, -0.2) is 0 Å². The lowest BCUT2D eigenvalue weighted by molar-refractivity contribution is -0.127. The normalized spacial score (nSPS) is 14.3. The quantitative estimate of drug-likeness (QED) is 0.821. The number of anilines is 1. The number of hydrogen-bond donors (Lipinski definition) is 0. The maximum absolute atomic E-state index is 12.9. The van der Waals surface area contributed by atoms with Crippen molar-refractivity contribution in [2.45, 2.75) is 19.8 Å². The molecule has 1 aliphatic heterocycles. The van der Waals surface area contributed by atoms with Crippen molar-refractivity contribution in [2.24, 2.45) is 0 Å². The van der Waals surface area contributed by atoms with E-state index in [4.69, 9.17) is 4.52 Å². The monoisotopic (exact) mass is 377 g/mol. The molecule has 0 aliphatic carbocycles. The highest BCUT2D eigenvalue weighted by Gasteiger charge is 2.28. The lowest BCUT2D eigenvalue weighted by Gasteiger charge is -2.25. The molecule has 2 aromatic rings. The van der Waals surface area contributed by atoms with Crippen LogP contribution in [0.2, 0.25) is 0 Å². The molecule has 0 atom stereocenters. The first-order valence-electron chi connectivity index (χ1n) is 7.33. The first-order valence-corrected chi connectivity index (χ1v) is 8.12. The zero-order valence-corrected chi connectivity index (χ0v) is 14.2. The van der Waals surface area contributed by atoms with E-state index in [2.05, 4.69) is 21.1 Å². The van der Waals surface area contributed by atoms with Crippen molar-refractivity contribution in [3.63, 3.8) is 0 Å². The Labute approximate surface area is 142 Å². The standard InChI is InChI=1S/C16H16BrN3O3/c1-11-9-14(18-23-11)20(10-19-8-2-3-15(19)21)16(22)12-4-6-13(17)7-5-12/h4-7,9H,2-3,8,10H2,1H3. The van der Waals surface area contributed by atoms with Gasteiger partial charge in [0.2, 0.25) is 5.91 Å². The molecule has 0 radical (unpaired) electrons. The molecule has 3 rings (SSSR count). The van der Waals surface area contributed by atoms with Crippen molar-refractivity contribution < 1.29 is 14.1 Å². The second-order valence-corrected chi connectivity index (χ2v) is 6.35. The van der Waals surface area contributed by atoms with E-state index in [0.717, 1.165) is 10.9 Å². The van der Waals surface area contributed by atoms with E-state index in [1.807, 2.05) is 0 Å². The highest BCUT2D eigenvalue weighted by molar-refractivity contribution is 9.10. The predicted molar refractivity (Wildman–Crippen MR) is 88.0 cm³/mol. The lowest BCUT2D eigenvalue weighted by Crippen LogP contribution is -2.42. The van der Waals surface area contributed by atoms with Crippen LogP contribution in [0, 0.1) is 6.92 Å². The number of carbonyl (C=O) groups is 2. The maximum atomic E-state index is 12.9. The summed E-state index contributed by atoms with van der Waals surface area (Å²) in [5, 5.41) is 3.93. The smallest absolute Gasteiger partial charge is 0.261 e. The molecule has 2 amide bonds. The van der Waals surface area contributed by atoms with Crippen LogP contribution in [-0.2, 0) is 4.79 Å². The summed E-state index contributed by atoms with van der Waals surface area (Å²) in [6.45, 7) is 2.60. The largest absolute Gasteiger partial charge is 0.360 e. The molecule has 0 saturated carbocycles. The summed E-state index contributed by atoms with van der Waals surface area (Å²) in [5.41, 5.74) is 0.528. The van der Waals surface area contributed by atoms with Gasteiger partial charge in [0.25, 0.3) is 5.91 Å². The third-order valence-electron chi connectivity index (χ3n) is 3.71. The molecule has 0 bridgehead atoms. The topological polar surface area (TPSA) is 66.7 Å². The molecule has 1 aromatic heterocycles. The minimum atomic E-state index is -0.217. The van der Waals surface area contributed by atoms with Crippen molar-refractivity contribution in [1.29, 1.82) is 0 Å². The molecule has 23 heavy (non-hydrogen) atoms. The predicted octanol–water partition coefficient (Wildman–Crippen LogP) is 2.97. The van der Waals surface area contributed by atoms with Crippen LogP contribution in [0.4, 0.5) is 5.82 Å². The van der Waals surface area contributed by atoms with Gasteiger partial charge in [0.1, 0.15) is 12.4 Å². The number of halogens is 1. The number of aryl methyl sites for hydroxylation is 1. The van der Waals surface area contributed by atoms with E-state index in [0.29, 0.717) is 30.1 Å². The minimum Gasteiger partial charge on any atom is -0.360 e. The SMILES string of the molecule is Cc1cc(N(CN2CCCC2=O)C(=O)c2ccc(Br)cc2)no1. The minimum absolute atomic E-state index is 0.0545. The van der Waals surface area contributed by atoms with Gasteiger partial charge in [0.05, 0.1) is 0 Å². The Morgan fingerprint density at radius 2 is 2.13 bits per heavy atom. The molecule has 0 spiro atoms. The van der Waals surface area contributed by atoms with Gasteiger partial charge in [-0.1, -0.05) is 21.1 Å². The van der Waals surface area contributed by atoms with E-state index in [1.165, 1.54) is 4.90 Å². The molecule has 7 heteroatoms. The number of rotatable bonds is 4. The van der Waals surface area contributed by atoms with Crippen molar-refractivity contribution in [1.82, 2.24) is 10.1 Å².